The minimum Gasteiger partial charge on any atom is -0.393 e. The molecule has 2 saturated carbocycles. The Hall–Kier alpha value is -0.0400. The zero-order valence-corrected chi connectivity index (χ0v) is 6.42. The van der Waals surface area contributed by atoms with Gasteiger partial charge in [0.25, 0.3) is 0 Å². The van der Waals surface area contributed by atoms with Crippen molar-refractivity contribution in [1.82, 2.24) is 0 Å². The van der Waals surface area contributed by atoms with Crippen LogP contribution in [0.25, 0.3) is 0 Å². The number of fused-ring (bicyclic) bond motifs is 2. The lowest BCUT2D eigenvalue weighted by atomic mass is 9.70. The van der Waals surface area contributed by atoms with Crippen LogP contribution in [0.15, 0.2) is 0 Å². The van der Waals surface area contributed by atoms with Gasteiger partial charge in [0, 0.05) is 0 Å². The van der Waals surface area contributed by atoms with Crippen molar-refractivity contribution in [3.05, 3.63) is 0 Å². The van der Waals surface area contributed by atoms with Crippen molar-refractivity contribution >= 4 is 0 Å². The highest BCUT2D eigenvalue weighted by atomic mass is 16.3. The van der Waals surface area contributed by atoms with E-state index in [1.807, 2.05) is 0 Å². The van der Waals surface area contributed by atoms with Crippen molar-refractivity contribution in [2.75, 3.05) is 0 Å². The van der Waals surface area contributed by atoms with Gasteiger partial charge in [-0.05, 0) is 37.5 Å². The van der Waals surface area contributed by atoms with E-state index in [-0.39, 0.29) is 6.10 Å². The Balaban J connectivity index is 2.05. The Morgan fingerprint density at radius 2 is 1.20 bits per heavy atom. The largest absolute Gasteiger partial charge is 0.393 e. The number of hydrogen-bond acceptors (Lipinski definition) is 1. The molecule has 1 heteroatoms. The number of hydrogen-bond donors (Lipinski definition) is 1. The summed E-state index contributed by atoms with van der Waals surface area (Å²) in [7, 11) is 0. The third kappa shape index (κ3) is 0.968. The molecule has 0 spiro atoms. The molecule has 2 bridgehead atoms. The second kappa shape index (κ2) is 2.54. The van der Waals surface area contributed by atoms with E-state index in [1.165, 1.54) is 38.5 Å². The molecule has 2 aliphatic rings. The highest BCUT2D eigenvalue weighted by Crippen LogP contribution is 2.39. The molecule has 0 saturated heterocycles. The second-order valence-corrected chi connectivity index (χ2v) is 3.87. The Bertz CT molecular complexity index is 99.9. The number of aliphatic hydroxyl groups is 1. The van der Waals surface area contributed by atoms with Gasteiger partial charge < -0.3 is 5.11 Å². The van der Waals surface area contributed by atoms with Crippen molar-refractivity contribution < 1.29 is 5.11 Å². The van der Waals surface area contributed by atoms with Crippen LogP contribution < -0.4 is 0 Å². The lowest BCUT2D eigenvalue weighted by Crippen LogP contribution is -2.36. The molecule has 0 aliphatic heterocycles. The molecule has 0 amide bonds. The molecule has 0 atom stereocenters. The predicted octanol–water partition coefficient (Wildman–Crippen LogP) is 1.95. The summed E-state index contributed by atoms with van der Waals surface area (Å²) < 4.78 is 0. The highest BCUT2D eigenvalue weighted by molar-refractivity contribution is 4.85. The lowest BCUT2D eigenvalue weighted by Gasteiger charge is -2.39. The minimum absolute atomic E-state index is 0.0718. The summed E-state index contributed by atoms with van der Waals surface area (Å²) in [5.74, 6) is 1.35. The van der Waals surface area contributed by atoms with E-state index in [0.717, 1.165) is 0 Å². The summed E-state index contributed by atoms with van der Waals surface area (Å²) in [4.78, 5) is 0. The summed E-state index contributed by atoms with van der Waals surface area (Å²) in [6.07, 6.45) is 7.96. The SMILES string of the molecule is OC1C2CCCC1CCC2. The maximum absolute atomic E-state index is 9.69. The van der Waals surface area contributed by atoms with Crippen molar-refractivity contribution in [3.63, 3.8) is 0 Å². The first-order valence-corrected chi connectivity index (χ1v) is 4.56. The highest BCUT2D eigenvalue weighted by Gasteiger charge is 2.34. The Labute approximate surface area is 62.4 Å². The molecule has 1 nitrogen and oxygen atoms in total. The van der Waals surface area contributed by atoms with E-state index in [9.17, 15) is 5.11 Å². The molecule has 0 aromatic heterocycles. The smallest absolute Gasteiger partial charge is 0.0596 e. The summed E-state index contributed by atoms with van der Waals surface area (Å²) >= 11 is 0. The molecule has 2 rings (SSSR count). The number of rotatable bonds is 0. The van der Waals surface area contributed by atoms with E-state index in [4.69, 9.17) is 0 Å². The second-order valence-electron chi connectivity index (χ2n) is 3.87. The molecule has 0 aromatic rings. The van der Waals surface area contributed by atoms with Gasteiger partial charge in [-0.25, -0.2) is 0 Å². The van der Waals surface area contributed by atoms with E-state index >= 15 is 0 Å². The fraction of sp³-hybridized carbons (Fsp3) is 1.00. The molecule has 2 aliphatic carbocycles. The first kappa shape index (κ1) is 6.66. The summed E-state index contributed by atoms with van der Waals surface area (Å²) in [5.41, 5.74) is 0. The van der Waals surface area contributed by atoms with Crippen LogP contribution in [0.1, 0.15) is 38.5 Å². The molecule has 0 unspecified atom stereocenters. The van der Waals surface area contributed by atoms with Gasteiger partial charge in [-0.15, -0.1) is 0 Å². The molecule has 10 heavy (non-hydrogen) atoms. The quantitative estimate of drug-likeness (QED) is 0.545. The fourth-order valence-corrected chi connectivity index (χ4v) is 2.64. The molecule has 0 aromatic carbocycles. The molecule has 2 fully saturated rings. The van der Waals surface area contributed by atoms with Gasteiger partial charge in [0.05, 0.1) is 6.10 Å². The molecular weight excluding hydrogens is 124 g/mol. The van der Waals surface area contributed by atoms with Crippen molar-refractivity contribution in [2.24, 2.45) is 11.8 Å². The van der Waals surface area contributed by atoms with Crippen LogP contribution in [0.4, 0.5) is 0 Å². The zero-order chi connectivity index (χ0) is 6.97. The van der Waals surface area contributed by atoms with E-state index in [0.29, 0.717) is 11.8 Å². The van der Waals surface area contributed by atoms with Crippen molar-refractivity contribution in [1.29, 1.82) is 0 Å². The van der Waals surface area contributed by atoms with Gasteiger partial charge in [0.2, 0.25) is 0 Å². The normalized spacial score (nSPS) is 47.1. The fourth-order valence-electron chi connectivity index (χ4n) is 2.64. The summed E-state index contributed by atoms with van der Waals surface area (Å²) in [6.45, 7) is 0. The Morgan fingerprint density at radius 1 is 0.800 bits per heavy atom. The van der Waals surface area contributed by atoms with Gasteiger partial charge in [-0.1, -0.05) is 12.8 Å². The van der Waals surface area contributed by atoms with Gasteiger partial charge in [-0.3, -0.25) is 0 Å². The average Bonchev–Trinajstić information content (AvgIpc) is 1.86. The Morgan fingerprint density at radius 3 is 1.50 bits per heavy atom. The summed E-state index contributed by atoms with van der Waals surface area (Å²) in [5, 5.41) is 9.69. The van der Waals surface area contributed by atoms with Crippen LogP contribution in [-0.2, 0) is 0 Å². The van der Waals surface area contributed by atoms with Crippen molar-refractivity contribution in [2.45, 2.75) is 44.6 Å². The van der Waals surface area contributed by atoms with Gasteiger partial charge in [0.1, 0.15) is 0 Å². The van der Waals surface area contributed by atoms with Gasteiger partial charge >= 0.3 is 0 Å². The first-order chi connectivity index (χ1) is 4.88. The van der Waals surface area contributed by atoms with Gasteiger partial charge in [0.15, 0.2) is 0 Å². The molecule has 0 heterocycles. The third-order valence-corrected chi connectivity index (χ3v) is 3.27. The number of aliphatic hydroxyl groups excluding tert-OH is 1. The van der Waals surface area contributed by atoms with Crippen molar-refractivity contribution in [3.8, 4) is 0 Å². The minimum atomic E-state index is 0.0718. The van der Waals surface area contributed by atoms with Gasteiger partial charge in [-0.2, -0.15) is 0 Å². The molecule has 1 N–H and O–H groups in total. The standard InChI is InChI=1S/C9H16O/c10-9-7-3-1-4-8(9)6-2-5-7/h7-10H,1-6H2. The van der Waals surface area contributed by atoms with Crippen LogP contribution in [0.3, 0.4) is 0 Å². The molecular formula is C9H16O. The first-order valence-electron chi connectivity index (χ1n) is 4.56. The maximum Gasteiger partial charge on any atom is 0.0596 e. The van der Waals surface area contributed by atoms with E-state index < -0.39 is 0 Å². The maximum atomic E-state index is 9.69. The topological polar surface area (TPSA) is 20.2 Å². The van der Waals surface area contributed by atoms with Crippen LogP contribution in [-0.4, -0.2) is 11.2 Å². The monoisotopic (exact) mass is 140 g/mol. The molecule has 58 valence electrons. The summed E-state index contributed by atoms with van der Waals surface area (Å²) in [6, 6.07) is 0. The molecule has 0 radical (unpaired) electrons. The van der Waals surface area contributed by atoms with Crippen LogP contribution in [0, 0.1) is 11.8 Å². The zero-order valence-electron chi connectivity index (χ0n) is 6.42. The third-order valence-electron chi connectivity index (χ3n) is 3.27. The van der Waals surface area contributed by atoms with Crippen LogP contribution in [0.2, 0.25) is 0 Å². The predicted molar refractivity (Wildman–Crippen MR) is 40.7 cm³/mol. The van der Waals surface area contributed by atoms with E-state index in [1.54, 1.807) is 0 Å². The van der Waals surface area contributed by atoms with E-state index in [2.05, 4.69) is 0 Å². The van der Waals surface area contributed by atoms with Crippen LogP contribution in [0.5, 0.6) is 0 Å². The van der Waals surface area contributed by atoms with Crippen LogP contribution >= 0.6 is 0 Å². The Kier molecular flexibility index (Phi) is 1.69. The lowest BCUT2D eigenvalue weighted by molar-refractivity contribution is -0.0137. The average molecular weight is 140 g/mol.